The summed E-state index contributed by atoms with van der Waals surface area (Å²) in [6, 6.07) is 66.7. The van der Waals surface area contributed by atoms with Gasteiger partial charge in [0.15, 0.2) is 0 Å². The molecule has 0 amide bonds. The van der Waals surface area contributed by atoms with Crippen molar-refractivity contribution in [1.29, 1.82) is 0 Å². The highest BCUT2D eigenvalue weighted by Crippen LogP contribution is 2.65. The van der Waals surface area contributed by atoms with Crippen molar-refractivity contribution in [3.63, 3.8) is 0 Å². The lowest BCUT2D eigenvalue weighted by Crippen LogP contribution is -2.41. The van der Waals surface area contributed by atoms with Crippen molar-refractivity contribution in [3.05, 3.63) is 231 Å². The van der Waals surface area contributed by atoms with E-state index in [9.17, 15) is 0 Å². The molecule has 10 heteroatoms. The van der Waals surface area contributed by atoms with Crippen LogP contribution in [0.4, 0.5) is 0 Å². The average Bonchev–Trinajstić information content (AvgIpc) is 2.67. The van der Waals surface area contributed by atoms with Crippen LogP contribution in [0.3, 0.4) is 0 Å². The molecule has 0 bridgehead atoms. The van der Waals surface area contributed by atoms with Crippen LogP contribution in [-0.4, -0.2) is 54.7 Å². The van der Waals surface area contributed by atoms with Gasteiger partial charge in [-0.1, -0.05) is 192 Å². The second-order valence-electron chi connectivity index (χ2n) is 25.0. The van der Waals surface area contributed by atoms with Crippen LogP contribution < -0.4 is 5.46 Å². The van der Waals surface area contributed by atoms with E-state index in [1.54, 1.807) is 0 Å². The Bertz CT molecular complexity index is 3570. The molecule has 390 valence electrons. The summed E-state index contributed by atoms with van der Waals surface area (Å²) in [6.07, 6.45) is 0. The van der Waals surface area contributed by atoms with E-state index in [-0.39, 0.29) is 44.4 Å². The van der Waals surface area contributed by atoms with Crippen LogP contribution in [0.1, 0.15) is 128 Å². The summed E-state index contributed by atoms with van der Waals surface area (Å²) in [5, 5.41) is 0. The molecule has 2 spiro atoms. The molecule has 0 radical (unpaired) electrons. The van der Waals surface area contributed by atoms with Crippen molar-refractivity contribution in [2.24, 2.45) is 0 Å². The maximum absolute atomic E-state index is 6.56. The summed E-state index contributed by atoms with van der Waals surface area (Å²) in [6.45, 7) is 24.7. The quantitative estimate of drug-likeness (QED) is 0.161. The molecule has 0 aromatic heterocycles. The van der Waals surface area contributed by atoms with E-state index >= 15 is 0 Å². The van der Waals surface area contributed by atoms with Gasteiger partial charge >= 0.3 is 21.1 Å². The fourth-order valence-electron chi connectivity index (χ4n) is 13.4. The molecular weight excluding hydrogens is 1030 g/mol. The second-order valence-corrected chi connectivity index (χ2v) is 25.9. The zero-order valence-corrected chi connectivity index (χ0v) is 48.5. The van der Waals surface area contributed by atoms with Crippen LogP contribution in [-0.2, 0) is 38.8 Å². The molecule has 6 nitrogen and oxygen atoms in total. The van der Waals surface area contributed by atoms with Gasteiger partial charge in [0.2, 0.25) is 0 Å². The first-order valence-electron chi connectivity index (χ1n) is 27.7. The molecule has 8 aromatic carbocycles. The highest BCUT2D eigenvalue weighted by molar-refractivity contribution is 9.10. The fraction of sp³-hybridized carbons (Fsp3) is 0.294. The number of halogens is 1. The van der Waals surface area contributed by atoms with Crippen LogP contribution in [0.25, 0.3) is 44.5 Å². The average molecular weight is 1090 g/mol. The predicted octanol–water partition coefficient (Wildman–Crippen LogP) is 15.4. The van der Waals surface area contributed by atoms with E-state index in [2.05, 4.69) is 226 Å². The Morgan fingerprint density at radius 1 is 0.269 bits per heavy atom. The summed E-state index contributed by atoms with van der Waals surface area (Å²) in [5.74, 6) is 0. The maximum Gasteiger partial charge on any atom is 0.495 e. The van der Waals surface area contributed by atoms with Crippen molar-refractivity contribution in [2.45, 2.75) is 128 Å². The molecule has 3 aliphatic heterocycles. The fourth-order valence-corrected chi connectivity index (χ4v) is 14.0. The Hall–Kier alpha value is -5.81. The third-order valence-corrected chi connectivity index (χ3v) is 20.0. The molecule has 78 heavy (non-hydrogen) atoms. The Kier molecular flexibility index (Phi) is 11.6. The van der Waals surface area contributed by atoms with E-state index in [1.165, 1.54) is 93.5 Å². The normalized spacial score (nSPS) is 20.8. The predicted molar refractivity (Wildman–Crippen MR) is 321 cm³/mol. The van der Waals surface area contributed by atoms with Crippen LogP contribution >= 0.6 is 15.9 Å². The van der Waals surface area contributed by atoms with E-state index in [4.69, 9.17) is 27.9 Å². The topological polar surface area (TPSA) is 55.4 Å². The molecule has 8 aromatic rings. The van der Waals surface area contributed by atoms with Crippen molar-refractivity contribution in [3.8, 4) is 44.5 Å². The SMILES string of the molecule is Brc1cccc2c1-c1ccccc1C21c2ccccc2-c2ccccc21.CC1(C)OB(B2OC(C)(C)C(C)(C)O2)OC1(C)C.CC1(C)OB(c2cccc3c2-c2ccccc2C32c3ccccc3-c3ccccc32)OC1(C)C. The molecular formula is C68H66B3BrO6. The highest BCUT2D eigenvalue weighted by atomic mass is 79.9. The molecule has 0 saturated carbocycles. The smallest absolute Gasteiger partial charge is 0.405 e. The summed E-state index contributed by atoms with van der Waals surface area (Å²) >= 11 is 3.83. The third-order valence-electron chi connectivity index (χ3n) is 19.3. The number of hydrogen-bond acceptors (Lipinski definition) is 6. The summed E-state index contributed by atoms with van der Waals surface area (Å²) < 4.78 is 38.1. The minimum absolute atomic E-state index is 0.219. The highest BCUT2D eigenvalue weighted by Gasteiger charge is 2.64. The van der Waals surface area contributed by atoms with Gasteiger partial charge in [-0.25, -0.2) is 0 Å². The van der Waals surface area contributed by atoms with E-state index in [1.807, 2.05) is 55.4 Å². The van der Waals surface area contributed by atoms with Crippen LogP contribution in [0.5, 0.6) is 0 Å². The number of fused-ring (bicyclic) bond motifs is 20. The lowest BCUT2D eigenvalue weighted by Gasteiger charge is -2.32. The van der Waals surface area contributed by atoms with Gasteiger partial charge in [-0.15, -0.1) is 0 Å². The lowest BCUT2D eigenvalue weighted by molar-refractivity contribution is 0.00578. The molecule has 3 fully saturated rings. The Morgan fingerprint density at radius 3 is 0.885 bits per heavy atom. The Labute approximate surface area is 470 Å². The lowest BCUT2D eigenvalue weighted by atomic mass is 9.49. The molecule has 0 unspecified atom stereocenters. The van der Waals surface area contributed by atoms with Crippen molar-refractivity contribution < 1.29 is 27.9 Å². The summed E-state index contributed by atoms with van der Waals surface area (Å²) in [5.41, 5.74) is 19.8. The van der Waals surface area contributed by atoms with Gasteiger partial charge in [0.05, 0.1) is 44.4 Å². The molecule has 15 rings (SSSR count). The first-order valence-corrected chi connectivity index (χ1v) is 28.4. The van der Waals surface area contributed by atoms with Gasteiger partial charge in [-0.2, -0.15) is 0 Å². The van der Waals surface area contributed by atoms with E-state index in [0.717, 1.165) is 5.46 Å². The Balaban J connectivity index is 0.000000117. The van der Waals surface area contributed by atoms with E-state index < -0.39 is 21.1 Å². The monoisotopic (exact) mass is 1090 g/mol. The third kappa shape index (κ3) is 7.12. The van der Waals surface area contributed by atoms with E-state index in [0.29, 0.717) is 0 Å². The molecule has 4 aliphatic carbocycles. The maximum atomic E-state index is 6.56. The standard InChI is InChI=1S/C31H27BO2.C25H15Br.C12H24B2O4/c1-29(2)30(3,4)34-32(33-29)27-19-11-18-26-28(27)22-14-7-10-17-25(22)31(26)23-15-8-5-12-20(23)21-13-6-9-16-24(21)31;26-23-15-7-14-22-24(23)18-10-3-6-13-21(18)25(22)19-11-4-1-8-16(19)17-9-2-5-12-20(17)25;1-9(2)10(3,4)16-13(15-9)14-17-11(5,6)12(7,8)18-14/h5-19H,1-4H3;1-15H;1-8H3. The zero-order chi connectivity index (χ0) is 54.6. The molecule has 3 saturated heterocycles. The minimum Gasteiger partial charge on any atom is -0.405 e. The minimum atomic E-state index is -0.476. The van der Waals surface area contributed by atoms with Crippen LogP contribution in [0.2, 0.25) is 0 Å². The van der Waals surface area contributed by atoms with Gasteiger partial charge in [-0.3, -0.25) is 0 Å². The number of benzene rings is 8. The van der Waals surface area contributed by atoms with Gasteiger partial charge in [0.25, 0.3) is 0 Å². The second kappa shape index (κ2) is 17.6. The summed E-state index contributed by atoms with van der Waals surface area (Å²) in [7, 11) is -1.36. The first kappa shape index (κ1) is 51.6. The van der Waals surface area contributed by atoms with Gasteiger partial charge < -0.3 is 27.9 Å². The molecule has 0 atom stereocenters. The van der Waals surface area contributed by atoms with Crippen molar-refractivity contribution >= 4 is 42.5 Å². The summed E-state index contributed by atoms with van der Waals surface area (Å²) in [4.78, 5) is 0. The number of hydrogen-bond donors (Lipinski definition) is 0. The van der Waals surface area contributed by atoms with Gasteiger partial charge in [0.1, 0.15) is 0 Å². The van der Waals surface area contributed by atoms with Crippen molar-refractivity contribution in [1.82, 2.24) is 0 Å². The van der Waals surface area contributed by atoms with Gasteiger partial charge in [-0.05, 0) is 178 Å². The molecule has 7 aliphatic rings. The molecule has 0 N–H and O–H groups in total. The largest absolute Gasteiger partial charge is 0.495 e. The van der Waals surface area contributed by atoms with Gasteiger partial charge in [0, 0.05) is 10.0 Å². The van der Waals surface area contributed by atoms with Crippen LogP contribution in [0, 0.1) is 0 Å². The number of rotatable bonds is 2. The van der Waals surface area contributed by atoms with Crippen LogP contribution in [0.15, 0.2) is 186 Å². The zero-order valence-electron chi connectivity index (χ0n) is 46.9. The van der Waals surface area contributed by atoms with Crippen molar-refractivity contribution in [2.75, 3.05) is 0 Å². The molecule has 3 heterocycles. The first-order chi connectivity index (χ1) is 37.1. The Morgan fingerprint density at radius 2 is 0.526 bits per heavy atom.